The van der Waals surface area contributed by atoms with Gasteiger partial charge in [0.1, 0.15) is 5.75 Å². The lowest BCUT2D eigenvalue weighted by molar-refractivity contribution is 0.0375. The second-order valence-corrected chi connectivity index (χ2v) is 6.69. The van der Waals surface area contributed by atoms with Gasteiger partial charge in [-0.25, -0.2) is 4.98 Å². The third-order valence-corrected chi connectivity index (χ3v) is 5.06. The van der Waals surface area contributed by atoms with Crippen molar-refractivity contribution in [2.75, 3.05) is 13.1 Å². The van der Waals surface area contributed by atoms with Crippen molar-refractivity contribution in [1.82, 2.24) is 9.88 Å². The highest BCUT2D eigenvalue weighted by molar-refractivity contribution is 5.94. The van der Waals surface area contributed by atoms with Crippen LogP contribution in [0.4, 0.5) is 0 Å². The summed E-state index contributed by atoms with van der Waals surface area (Å²) in [6.45, 7) is 0.746. The summed E-state index contributed by atoms with van der Waals surface area (Å²) in [7, 11) is 0. The number of aromatic hydroxyl groups is 1. The Hall–Kier alpha value is -2.92. The van der Waals surface area contributed by atoms with Crippen LogP contribution < -0.4 is 0 Å². The van der Waals surface area contributed by atoms with Crippen molar-refractivity contribution in [2.45, 2.75) is 18.4 Å². The van der Waals surface area contributed by atoms with Crippen LogP contribution in [0.3, 0.4) is 0 Å². The van der Waals surface area contributed by atoms with Gasteiger partial charge in [-0.1, -0.05) is 42.5 Å². The number of pyridine rings is 1. The average molecular weight is 348 g/mol. The summed E-state index contributed by atoms with van der Waals surface area (Å²) in [6, 6.07) is 17.4. The molecule has 26 heavy (non-hydrogen) atoms. The number of piperidine rings is 1. The van der Waals surface area contributed by atoms with Gasteiger partial charge in [0.05, 0.1) is 6.10 Å². The molecule has 132 valence electrons. The predicted octanol–water partition coefficient (Wildman–Crippen LogP) is 2.93. The van der Waals surface area contributed by atoms with Crippen molar-refractivity contribution in [2.24, 2.45) is 0 Å². The summed E-state index contributed by atoms with van der Waals surface area (Å²) >= 11 is 0. The molecule has 0 radical (unpaired) electrons. The summed E-state index contributed by atoms with van der Waals surface area (Å²) in [5.74, 6) is -0.497. The second-order valence-electron chi connectivity index (χ2n) is 6.69. The summed E-state index contributed by atoms with van der Waals surface area (Å²) in [5, 5.41) is 22.8. The molecule has 0 saturated carbocycles. The van der Waals surface area contributed by atoms with Crippen LogP contribution in [0.15, 0.2) is 60.8 Å². The first-order chi connectivity index (χ1) is 12.6. The fourth-order valence-corrected chi connectivity index (χ4v) is 3.65. The molecule has 0 unspecified atom stereocenters. The summed E-state index contributed by atoms with van der Waals surface area (Å²) in [5.41, 5.74) is 1.12. The number of likely N-dealkylation sites (tertiary alicyclic amines) is 1. The van der Waals surface area contributed by atoms with Gasteiger partial charge >= 0.3 is 0 Å². The first-order valence-corrected chi connectivity index (χ1v) is 8.73. The van der Waals surface area contributed by atoms with E-state index in [1.807, 2.05) is 12.1 Å². The van der Waals surface area contributed by atoms with Gasteiger partial charge in [-0.2, -0.15) is 0 Å². The number of rotatable bonds is 2. The molecule has 2 N–H and O–H groups in total. The van der Waals surface area contributed by atoms with Crippen molar-refractivity contribution in [3.8, 4) is 5.75 Å². The van der Waals surface area contributed by atoms with Gasteiger partial charge < -0.3 is 15.1 Å². The molecule has 0 bridgehead atoms. The largest absolute Gasteiger partial charge is 0.505 e. The van der Waals surface area contributed by atoms with E-state index in [-0.39, 0.29) is 29.8 Å². The Labute approximate surface area is 151 Å². The minimum absolute atomic E-state index is 0.0130. The molecule has 4 rings (SSSR count). The Morgan fingerprint density at radius 1 is 1.08 bits per heavy atom. The number of benzene rings is 2. The van der Waals surface area contributed by atoms with E-state index in [0.717, 1.165) is 10.9 Å². The lowest BCUT2D eigenvalue weighted by atomic mass is 9.86. The zero-order chi connectivity index (χ0) is 18.1. The van der Waals surface area contributed by atoms with E-state index < -0.39 is 6.10 Å². The Morgan fingerprint density at radius 2 is 1.88 bits per heavy atom. The molecule has 1 amide bonds. The molecule has 2 atom stereocenters. The van der Waals surface area contributed by atoms with E-state index in [9.17, 15) is 15.0 Å². The van der Waals surface area contributed by atoms with Gasteiger partial charge in [0, 0.05) is 25.2 Å². The number of hydrogen-bond donors (Lipinski definition) is 2. The van der Waals surface area contributed by atoms with E-state index in [4.69, 9.17) is 0 Å². The number of aliphatic hydroxyl groups excluding tert-OH is 1. The van der Waals surface area contributed by atoms with Crippen molar-refractivity contribution >= 4 is 16.7 Å². The van der Waals surface area contributed by atoms with Crippen LogP contribution in [-0.4, -0.2) is 45.2 Å². The zero-order valence-corrected chi connectivity index (χ0v) is 14.2. The Kier molecular flexibility index (Phi) is 4.31. The van der Waals surface area contributed by atoms with Crippen LogP contribution in [0.1, 0.15) is 28.4 Å². The van der Waals surface area contributed by atoms with Crippen molar-refractivity contribution in [3.63, 3.8) is 0 Å². The fraction of sp³-hybridized carbons (Fsp3) is 0.238. The first kappa shape index (κ1) is 16.5. The topological polar surface area (TPSA) is 73.7 Å². The van der Waals surface area contributed by atoms with E-state index in [0.29, 0.717) is 13.0 Å². The molecular weight excluding hydrogens is 328 g/mol. The molecule has 2 aromatic carbocycles. The maximum absolute atomic E-state index is 12.6. The van der Waals surface area contributed by atoms with Crippen molar-refractivity contribution in [1.29, 1.82) is 0 Å². The van der Waals surface area contributed by atoms with Gasteiger partial charge in [-0.05, 0) is 34.9 Å². The smallest absolute Gasteiger partial charge is 0.276 e. The minimum atomic E-state index is -0.653. The average Bonchev–Trinajstić information content (AvgIpc) is 2.67. The van der Waals surface area contributed by atoms with Crippen molar-refractivity contribution in [3.05, 3.63) is 72.1 Å². The summed E-state index contributed by atoms with van der Waals surface area (Å²) in [4.78, 5) is 18.1. The second kappa shape index (κ2) is 6.77. The van der Waals surface area contributed by atoms with Gasteiger partial charge in [-0.3, -0.25) is 4.79 Å². The third-order valence-electron chi connectivity index (χ3n) is 5.06. The molecule has 0 spiro atoms. The van der Waals surface area contributed by atoms with Gasteiger partial charge in [0.2, 0.25) is 0 Å². The number of fused-ring (bicyclic) bond motifs is 1. The molecule has 1 saturated heterocycles. The predicted molar refractivity (Wildman–Crippen MR) is 99.1 cm³/mol. The van der Waals surface area contributed by atoms with Crippen LogP contribution in [0.2, 0.25) is 0 Å². The first-order valence-electron chi connectivity index (χ1n) is 8.73. The zero-order valence-electron chi connectivity index (χ0n) is 14.2. The quantitative estimate of drug-likeness (QED) is 0.747. The van der Waals surface area contributed by atoms with Crippen LogP contribution in [0.5, 0.6) is 5.75 Å². The van der Waals surface area contributed by atoms with Gasteiger partial charge in [0.25, 0.3) is 5.91 Å². The number of amides is 1. The Bertz CT molecular complexity index is 957. The number of carbonyl (C=O) groups excluding carboxylic acids is 1. The van der Waals surface area contributed by atoms with E-state index >= 15 is 0 Å². The number of hydrogen-bond acceptors (Lipinski definition) is 4. The molecule has 3 aromatic rings. The molecule has 1 aliphatic rings. The third kappa shape index (κ3) is 3.02. The van der Waals surface area contributed by atoms with Crippen LogP contribution >= 0.6 is 0 Å². The van der Waals surface area contributed by atoms with Gasteiger partial charge in [-0.15, -0.1) is 0 Å². The minimum Gasteiger partial charge on any atom is -0.505 e. The molecule has 5 nitrogen and oxygen atoms in total. The summed E-state index contributed by atoms with van der Waals surface area (Å²) < 4.78 is 0. The van der Waals surface area contributed by atoms with E-state index in [1.54, 1.807) is 11.0 Å². The maximum Gasteiger partial charge on any atom is 0.276 e. The van der Waals surface area contributed by atoms with Crippen molar-refractivity contribution < 1.29 is 15.0 Å². The lowest BCUT2D eigenvalue weighted by Crippen LogP contribution is -2.46. The normalized spacial score (nSPS) is 20.3. The maximum atomic E-state index is 12.6. The molecule has 1 fully saturated rings. The highest BCUT2D eigenvalue weighted by atomic mass is 16.3. The number of aliphatic hydroxyl groups is 1. The van der Waals surface area contributed by atoms with Crippen LogP contribution in [0.25, 0.3) is 10.8 Å². The molecule has 0 aliphatic carbocycles. The van der Waals surface area contributed by atoms with Gasteiger partial charge in [0.15, 0.2) is 5.69 Å². The van der Waals surface area contributed by atoms with Crippen LogP contribution in [-0.2, 0) is 0 Å². The summed E-state index contributed by atoms with van der Waals surface area (Å²) in [6.07, 6.45) is 1.49. The SMILES string of the molecule is O=C(c1ncccc1O)N1CC[C@@H](c2ccc3ccccc3c2)[C@H](O)C1. The Morgan fingerprint density at radius 3 is 2.65 bits per heavy atom. The van der Waals surface area contributed by atoms with Crippen LogP contribution in [0, 0.1) is 0 Å². The molecule has 2 heterocycles. The fourth-order valence-electron chi connectivity index (χ4n) is 3.65. The molecule has 5 heteroatoms. The highest BCUT2D eigenvalue weighted by Crippen LogP contribution is 2.31. The number of β-amino-alcohol motifs (C(OH)–C–C–N with tert-alkyl or cyclic N) is 1. The lowest BCUT2D eigenvalue weighted by Gasteiger charge is -2.36. The van der Waals surface area contributed by atoms with E-state index in [1.165, 1.54) is 17.6 Å². The number of carbonyl (C=O) groups is 1. The highest BCUT2D eigenvalue weighted by Gasteiger charge is 2.32. The Balaban J connectivity index is 1.53. The number of nitrogens with zero attached hydrogens (tertiary/aromatic N) is 2. The molecule has 1 aromatic heterocycles. The monoisotopic (exact) mass is 348 g/mol. The number of aromatic nitrogens is 1. The molecular formula is C21H20N2O3. The van der Waals surface area contributed by atoms with E-state index in [2.05, 4.69) is 35.3 Å². The molecule has 1 aliphatic heterocycles. The standard InChI is InChI=1S/C21H20N2O3/c24-18-6-3-10-22-20(18)21(26)23-11-9-17(19(25)13-23)16-8-7-14-4-1-2-5-15(14)12-16/h1-8,10,12,17,19,24-25H,9,11,13H2/t17-,19+/m0/s1.